The summed E-state index contributed by atoms with van der Waals surface area (Å²) < 4.78 is 13.7. The molecule has 20 heavy (non-hydrogen) atoms. The highest BCUT2D eigenvalue weighted by atomic mass is 32.1. The molecule has 0 aliphatic carbocycles. The minimum atomic E-state index is -1.08. The number of pyridine rings is 1. The number of thiophene rings is 1. The molecule has 4 nitrogen and oxygen atoms in total. The summed E-state index contributed by atoms with van der Waals surface area (Å²) in [6.07, 6.45) is 0. The molecule has 0 atom stereocenters. The Balaban J connectivity index is 2.07. The number of carboxylic acids is 1. The molecule has 100 valence electrons. The summed E-state index contributed by atoms with van der Waals surface area (Å²) in [5.74, 6) is -0.960. The first-order chi connectivity index (χ1) is 9.63. The van der Waals surface area contributed by atoms with Crippen LogP contribution in [0.2, 0.25) is 0 Å². The number of nitrogens with one attached hydrogen (secondary N) is 1. The molecule has 0 saturated carbocycles. The highest BCUT2D eigenvalue weighted by Crippen LogP contribution is 2.29. The molecular formula is C14H9FN2O2S. The van der Waals surface area contributed by atoms with Gasteiger partial charge in [0.15, 0.2) is 5.69 Å². The third-order valence-corrected chi connectivity index (χ3v) is 3.64. The number of aromatic nitrogens is 1. The maximum absolute atomic E-state index is 12.9. The highest BCUT2D eigenvalue weighted by Gasteiger charge is 2.12. The maximum Gasteiger partial charge on any atom is 0.354 e. The lowest BCUT2D eigenvalue weighted by Crippen LogP contribution is -2.03. The van der Waals surface area contributed by atoms with Crippen LogP contribution in [0.1, 0.15) is 10.5 Å². The first kappa shape index (κ1) is 12.6. The smallest absolute Gasteiger partial charge is 0.354 e. The zero-order chi connectivity index (χ0) is 14.1. The van der Waals surface area contributed by atoms with Crippen molar-refractivity contribution in [3.05, 3.63) is 53.3 Å². The van der Waals surface area contributed by atoms with Crippen LogP contribution in [0, 0.1) is 5.82 Å². The predicted octanol–water partition coefficient (Wildman–Crippen LogP) is 3.88. The number of nitrogens with zero attached hydrogens (tertiary/aromatic N) is 1. The van der Waals surface area contributed by atoms with Gasteiger partial charge in [-0.2, -0.15) is 0 Å². The average Bonchev–Trinajstić information content (AvgIpc) is 2.89. The van der Waals surface area contributed by atoms with Crippen LogP contribution in [-0.2, 0) is 0 Å². The van der Waals surface area contributed by atoms with Crippen LogP contribution in [0.25, 0.3) is 10.1 Å². The van der Waals surface area contributed by atoms with Gasteiger partial charge in [0.25, 0.3) is 0 Å². The zero-order valence-corrected chi connectivity index (χ0v) is 10.9. The zero-order valence-electron chi connectivity index (χ0n) is 10.1. The van der Waals surface area contributed by atoms with Crippen LogP contribution in [0.3, 0.4) is 0 Å². The Morgan fingerprint density at radius 2 is 2.00 bits per heavy atom. The Hall–Kier alpha value is -2.47. The molecule has 0 unspecified atom stereocenters. The van der Waals surface area contributed by atoms with Crippen LogP contribution in [0.5, 0.6) is 0 Å². The number of benzene rings is 1. The lowest BCUT2D eigenvalue weighted by Gasteiger charge is -2.08. The van der Waals surface area contributed by atoms with Gasteiger partial charge >= 0.3 is 5.97 Å². The van der Waals surface area contributed by atoms with Gasteiger partial charge in [-0.15, -0.1) is 11.3 Å². The number of carboxylic acid groups (broad SMARTS) is 1. The van der Waals surface area contributed by atoms with Gasteiger partial charge < -0.3 is 10.4 Å². The second-order valence-electron chi connectivity index (χ2n) is 4.13. The lowest BCUT2D eigenvalue weighted by atomic mass is 10.2. The molecule has 0 radical (unpaired) electrons. The number of halogens is 1. The molecule has 2 aromatic heterocycles. The molecule has 6 heteroatoms. The SMILES string of the molecule is O=C(O)c1cc2sccc2c(Nc2ccc(F)cc2)n1. The van der Waals surface area contributed by atoms with Crippen molar-refractivity contribution < 1.29 is 14.3 Å². The average molecular weight is 288 g/mol. The van der Waals surface area contributed by atoms with E-state index in [0.717, 1.165) is 10.1 Å². The molecule has 0 amide bonds. The predicted molar refractivity (Wildman–Crippen MR) is 76.3 cm³/mol. The molecule has 0 aliphatic rings. The largest absolute Gasteiger partial charge is 0.477 e. The fourth-order valence-corrected chi connectivity index (χ4v) is 2.66. The van der Waals surface area contributed by atoms with Crippen LogP contribution >= 0.6 is 11.3 Å². The monoisotopic (exact) mass is 288 g/mol. The summed E-state index contributed by atoms with van der Waals surface area (Å²) >= 11 is 1.44. The third kappa shape index (κ3) is 2.33. The van der Waals surface area contributed by atoms with Gasteiger partial charge in [0.2, 0.25) is 0 Å². The van der Waals surface area contributed by atoms with Crippen molar-refractivity contribution in [3.63, 3.8) is 0 Å². The van der Waals surface area contributed by atoms with E-state index in [4.69, 9.17) is 5.11 Å². The summed E-state index contributed by atoms with van der Waals surface area (Å²) in [6, 6.07) is 9.20. The fourth-order valence-electron chi connectivity index (χ4n) is 1.84. The van der Waals surface area contributed by atoms with Crippen LogP contribution in [0.4, 0.5) is 15.9 Å². The number of anilines is 2. The molecule has 2 heterocycles. The van der Waals surface area contributed by atoms with Gasteiger partial charge in [-0.1, -0.05) is 0 Å². The van der Waals surface area contributed by atoms with Crippen molar-refractivity contribution in [3.8, 4) is 0 Å². The fraction of sp³-hybridized carbons (Fsp3) is 0. The van der Waals surface area contributed by atoms with Gasteiger partial charge in [0.05, 0.1) is 0 Å². The molecular weight excluding hydrogens is 279 g/mol. The van der Waals surface area contributed by atoms with E-state index in [9.17, 15) is 9.18 Å². The van der Waals surface area contributed by atoms with Gasteiger partial charge in [0.1, 0.15) is 11.6 Å². The lowest BCUT2D eigenvalue weighted by molar-refractivity contribution is 0.0691. The summed E-state index contributed by atoms with van der Waals surface area (Å²) in [5.41, 5.74) is 0.624. The Labute approximate surface area is 117 Å². The maximum atomic E-state index is 12.9. The number of hydrogen-bond acceptors (Lipinski definition) is 4. The quantitative estimate of drug-likeness (QED) is 0.767. The number of hydrogen-bond donors (Lipinski definition) is 2. The second-order valence-corrected chi connectivity index (χ2v) is 5.07. The summed E-state index contributed by atoms with van der Waals surface area (Å²) in [7, 11) is 0. The second kappa shape index (κ2) is 4.90. The highest BCUT2D eigenvalue weighted by molar-refractivity contribution is 7.17. The first-order valence-electron chi connectivity index (χ1n) is 5.77. The van der Waals surface area contributed by atoms with Crippen molar-refractivity contribution in [2.45, 2.75) is 0 Å². The molecule has 3 rings (SSSR count). The molecule has 3 aromatic rings. The van der Waals surface area contributed by atoms with E-state index in [0.29, 0.717) is 11.5 Å². The number of aromatic carboxylic acids is 1. The van der Waals surface area contributed by atoms with Crippen molar-refractivity contribution in [2.75, 3.05) is 5.32 Å². The topological polar surface area (TPSA) is 62.2 Å². The van der Waals surface area contributed by atoms with Gasteiger partial charge in [-0.25, -0.2) is 14.2 Å². The van der Waals surface area contributed by atoms with E-state index in [-0.39, 0.29) is 11.5 Å². The van der Waals surface area contributed by atoms with E-state index >= 15 is 0 Å². The standard InChI is InChI=1S/C14H9FN2O2S/c15-8-1-3-9(4-2-8)16-13-10-5-6-20-12(10)7-11(17-13)14(18)19/h1-7H,(H,16,17)(H,18,19). The van der Waals surface area contributed by atoms with Crippen molar-refractivity contribution in [2.24, 2.45) is 0 Å². The number of rotatable bonds is 3. The van der Waals surface area contributed by atoms with Gasteiger partial charge in [-0.05, 0) is 41.8 Å². The normalized spacial score (nSPS) is 10.7. The van der Waals surface area contributed by atoms with Crippen molar-refractivity contribution in [1.29, 1.82) is 0 Å². The van der Waals surface area contributed by atoms with E-state index in [1.165, 1.54) is 29.5 Å². The molecule has 0 aliphatic heterocycles. The van der Waals surface area contributed by atoms with E-state index in [2.05, 4.69) is 10.3 Å². The number of fused-ring (bicyclic) bond motifs is 1. The van der Waals surface area contributed by atoms with E-state index in [1.54, 1.807) is 12.1 Å². The minimum Gasteiger partial charge on any atom is -0.477 e. The first-order valence-corrected chi connectivity index (χ1v) is 6.65. The van der Waals surface area contributed by atoms with Crippen molar-refractivity contribution >= 4 is 38.9 Å². The Bertz CT molecular complexity index is 783. The molecule has 2 N–H and O–H groups in total. The van der Waals surface area contributed by atoms with Crippen molar-refractivity contribution in [1.82, 2.24) is 4.98 Å². The summed E-state index contributed by atoms with van der Waals surface area (Å²) in [4.78, 5) is 15.2. The third-order valence-electron chi connectivity index (χ3n) is 2.78. The van der Waals surface area contributed by atoms with Crippen LogP contribution < -0.4 is 5.32 Å². The van der Waals surface area contributed by atoms with E-state index in [1.807, 2.05) is 11.4 Å². The molecule has 1 aromatic carbocycles. The number of carbonyl (C=O) groups is 1. The Kier molecular flexibility index (Phi) is 3.08. The molecule has 0 spiro atoms. The molecule has 0 bridgehead atoms. The molecule has 0 saturated heterocycles. The summed E-state index contributed by atoms with van der Waals surface area (Å²) in [6.45, 7) is 0. The Morgan fingerprint density at radius 1 is 1.25 bits per heavy atom. The minimum absolute atomic E-state index is 0.0236. The van der Waals surface area contributed by atoms with Crippen LogP contribution in [-0.4, -0.2) is 16.1 Å². The molecule has 0 fully saturated rings. The van der Waals surface area contributed by atoms with Crippen LogP contribution in [0.15, 0.2) is 41.8 Å². The van der Waals surface area contributed by atoms with Gasteiger partial charge in [0, 0.05) is 15.8 Å². The van der Waals surface area contributed by atoms with E-state index < -0.39 is 5.97 Å². The Morgan fingerprint density at radius 3 is 2.70 bits per heavy atom. The summed E-state index contributed by atoms with van der Waals surface area (Å²) in [5, 5.41) is 14.8. The van der Waals surface area contributed by atoms with Gasteiger partial charge in [-0.3, -0.25) is 0 Å².